The fourth-order valence-electron chi connectivity index (χ4n) is 2.29. The van der Waals surface area contributed by atoms with Gasteiger partial charge in [-0.1, -0.05) is 57.6 Å². The normalized spacial score (nSPS) is 16.0. The highest BCUT2D eigenvalue weighted by molar-refractivity contribution is 5.14. The minimum absolute atomic E-state index is 0.560. The van der Waals surface area contributed by atoms with Crippen LogP contribution in [0.5, 0.6) is 0 Å². The van der Waals surface area contributed by atoms with Crippen LogP contribution in [0.25, 0.3) is 0 Å². The highest BCUT2D eigenvalue weighted by Crippen LogP contribution is 2.24. The van der Waals surface area contributed by atoms with Gasteiger partial charge in [-0.25, -0.2) is 0 Å². The first-order valence-electron chi connectivity index (χ1n) is 7.41. The fourth-order valence-corrected chi connectivity index (χ4v) is 2.29. The fraction of sp³-hybridized carbons (Fsp3) is 0.733. The summed E-state index contributed by atoms with van der Waals surface area (Å²) in [4.78, 5) is 0. The van der Waals surface area contributed by atoms with Gasteiger partial charge in [0, 0.05) is 12.1 Å². The Labute approximate surface area is 111 Å². The lowest BCUT2D eigenvalue weighted by Gasteiger charge is -2.13. The summed E-state index contributed by atoms with van der Waals surface area (Å²) in [6.45, 7) is 4.50. The zero-order valence-electron chi connectivity index (χ0n) is 11.9. The molecule has 1 aliphatic rings. The van der Waals surface area contributed by atoms with Crippen LogP contribution in [-0.4, -0.2) is 0 Å². The standard InChI is InChI=1S/C15H27N3/c1-3-5-6-7-8-9-11-14(4-2)15-12-10-13-16-18-17-15/h10,12-14H,3-9,11H2,1-2H3,(H,16,17). The molecular weight excluding hydrogens is 222 g/mol. The maximum absolute atomic E-state index is 4.24. The Morgan fingerprint density at radius 3 is 2.67 bits per heavy atom. The van der Waals surface area contributed by atoms with Crippen molar-refractivity contribution in [3.8, 4) is 0 Å². The summed E-state index contributed by atoms with van der Waals surface area (Å²) in [5.74, 6) is 0.560. The lowest BCUT2D eigenvalue weighted by Crippen LogP contribution is -2.01. The number of unbranched alkanes of at least 4 members (excludes halogenated alkanes) is 5. The molecule has 1 aliphatic heterocycles. The molecule has 0 radical (unpaired) electrons. The van der Waals surface area contributed by atoms with Crippen LogP contribution in [0, 0.1) is 5.92 Å². The SMILES string of the molecule is CCCCCCCCC(CC)C1=CC=CNN=N1. The largest absolute Gasteiger partial charge is 0.267 e. The summed E-state index contributed by atoms with van der Waals surface area (Å²) in [7, 11) is 0. The zero-order valence-corrected chi connectivity index (χ0v) is 11.9. The number of hydrogen-bond acceptors (Lipinski definition) is 3. The van der Waals surface area contributed by atoms with Gasteiger partial charge in [0.05, 0.1) is 5.70 Å². The quantitative estimate of drug-likeness (QED) is 0.565. The molecule has 0 fully saturated rings. The Balaban J connectivity index is 2.25. The lowest BCUT2D eigenvalue weighted by atomic mass is 9.94. The molecule has 0 aromatic rings. The summed E-state index contributed by atoms with van der Waals surface area (Å²) in [5.41, 5.74) is 3.89. The number of nitrogens with one attached hydrogen (secondary N) is 1. The van der Waals surface area contributed by atoms with E-state index in [1.54, 1.807) is 0 Å². The number of nitrogens with zero attached hydrogens (tertiary/aromatic N) is 2. The molecule has 0 saturated heterocycles. The van der Waals surface area contributed by atoms with E-state index in [-0.39, 0.29) is 0 Å². The number of allylic oxidation sites excluding steroid dienone is 3. The molecule has 0 aliphatic carbocycles. The van der Waals surface area contributed by atoms with Crippen molar-refractivity contribution in [2.24, 2.45) is 16.3 Å². The first kappa shape index (κ1) is 14.9. The average molecular weight is 249 g/mol. The van der Waals surface area contributed by atoms with Gasteiger partial charge in [-0.3, -0.25) is 5.43 Å². The Bertz CT molecular complexity index is 292. The average Bonchev–Trinajstić information content (AvgIpc) is 2.67. The highest BCUT2D eigenvalue weighted by atomic mass is 15.4. The third-order valence-corrected chi connectivity index (χ3v) is 3.48. The Hall–Kier alpha value is -1.12. The summed E-state index contributed by atoms with van der Waals surface area (Å²) < 4.78 is 0. The van der Waals surface area contributed by atoms with E-state index in [4.69, 9.17) is 0 Å². The van der Waals surface area contributed by atoms with Crippen molar-refractivity contribution in [1.29, 1.82) is 0 Å². The Kier molecular flexibility index (Phi) is 8.19. The molecule has 1 atom stereocenters. The molecule has 0 spiro atoms. The van der Waals surface area contributed by atoms with E-state index in [1.807, 2.05) is 12.3 Å². The second-order valence-corrected chi connectivity index (χ2v) is 4.94. The van der Waals surface area contributed by atoms with E-state index in [9.17, 15) is 0 Å². The maximum atomic E-state index is 4.24. The van der Waals surface area contributed by atoms with Crippen molar-refractivity contribution in [2.45, 2.75) is 65.2 Å². The molecule has 3 heteroatoms. The molecule has 0 saturated carbocycles. The first-order chi connectivity index (χ1) is 8.88. The van der Waals surface area contributed by atoms with Crippen molar-refractivity contribution >= 4 is 0 Å². The van der Waals surface area contributed by atoms with Crippen molar-refractivity contribution in [2.75, 3.05) is 0 Å². The van der Waals surface area contributed by atoms with Crippen LogP contribution in [0.2, 0.25) is 0 Å². The molecule has 0 amide bonds. The molecular formula is C15H27N3. The molecule has 1 N–H and O–H groups in total. The molecule has 102 valence electrons. The summed E-state index contributed by atoms with van der Waals surface area (Å²) in [6.07, 6.45) is 16.4. The summed E-state index contributed by atoms with van der Waals surface area (Å²) in [6, 6.07) is 0. The van der Waals surface area contributed by atoms with E-state index in [0.717, 1.165) is 12.1 Å². The van der Waals surface area contributed by atoms with Crippen molar-refractivity contribution < 1.29 is 0 Å². The van der Waals surface area contributed by atoms with Crippen LogP contribution in [0.15, 0.2) is 34.4 Å². The van der Waals surface area contributed by atoms with Crippen LogP contribution in [-0.2, 0) is 0 Å². The number of rotatable bonds is 9. The monoisotopic (exact) mass is 249 g/mol. The molecule has 1 rings (SSSR count). The topological polar surface area (TPSA) is 36.8 Å². The second kappa shape index (κ2) is 9.86. The predicted octanol–water partition coefficient (Wildman–Crippen LogP) is 5.13. The molecule has 18 heavy (non-hydrogen) atoms. The van der Waals surface area contributed by atoms with Gasteiger partial charge in [-0.05, 0) is 25.0 Å². The van der Waals surface area contributed by atoms with E-state index < -0.39 is 0 Å². The maximum Gasteiger partial charge on any atom is 0.0679 e. The van der Waals surface area contributed by atoms with Crippen molar-refractivity contribution in [3.63, 3.8) is 0 Å². The lowest BCUT2D eigenvalue weighted by molar-refractivity contribution is 0.483. The summed E-state index contributed by atoms with van der Waals surface area (Å²) in [5, 5.41) is 8.14. The van der Waals surface area contributed by atoms with Gasteiger partial charge < -0.3 is 0 Å². The Morgan fingerprint density at radius 2 is 1.89 bits per heavy atom. The van der Waals surface area contributed by atoms with Crippen molar-refractivity contribution in [3.05, 3.63) is 24.0 Å². The van der Waals surface area contributed by atoms with Gasteiger partial charge in [-0.2, -0.15) is 0 Å². The van der Waals surface area contributed by atoms with Gasteiger partial charge in [0.25, 0.3) is 0 Å². The van der Waals surface area contributed by atoms with Crippen LogP contribution < -0.4 is 5.43 Å². The van der Waals surface area contributed by atoms with Crippen LogP contribution >= 0.6 is 0 Å². The van der Waals surface area contributed by atoms with Gasteiger partial charge in [0.15, 0.2) is 0 Å². The molecule has 0 bridgehead atoms. The molecule has 1 heterocycles. The van der Waals surface area contributed by atoms with Crippen molar-refractivity contribution in [1.82, 2.24) is 5.43 Å². The minimum atomic E-state index is 0.560. The first-order valence-corrected chi connectivity index (χ1v) is 7.41. The zero-order chi connectivity index (χ0) is 13.1. The Morgan fingerprint density at radius 1 is 1.11 bits per heavy atom. The van der Waals surface area contributed by atoms with Gasteiger partial charge in [0.1, 0.15) is 0 Å². The van der Waals surface area contributed by atoms with E-state index in [0.29, 0.717) is 5.92 Å². The van der Waals surface area contributed by atoms with Crippen LogP contribution in [0.3, 0.4) is 0 Å². The molecule has 1 unspecified atom stereocenters. The van der Waals surface area contributed by atoms with E-state index in [2.05, 4.69) is 35.7 Å². The number of hydrogen-bond donors (Lipinski definition) is 1. The van der Waals surface area contributed by atoms with Crippen LogP contribution in [0.4, 0.5) is 0 Å². The minimum Gasteiger partial charge on any atom is -0.267 e. The van der Waals surface area contributed by atoms with E-state index in [1.165, 1.54) is 44.9 Å². The van der Waals surface area contributed by atoms with Gasteiger partial charge >= 0.3 is 0 Å². The van der Waals surface area contributed by atoms with Gasteiger partial charge in [0.2, 0.25) is 0 Å². The molecule has 3 nitrogen and oxygen atoms in total. The van der Waals surface area contributed by atoms with Gasteiger partial charge in [-0.15, -0.1) is 5.11 Å². The van der Waals surface area contributed by atoms with E-state index >= 15 is 0 Å². The predicted molar refractivity (Wildman–Crippen MR) is 77.0 cm³/mol. The molecule has 0 aromatic carbocycles. The second-order valence-electron chi connectivity index (χ2n) is 4.94. The highest BCUT2D eigenvalue weighted by Gasteiger charge is 2.12. The summed E-state index contributed by atoms with van der Waals surface area (Å²) >= 11 is 0. The third-order valence-electron chi connectivity index (χ3n) is 3.48. The third kappa shape index (κ3) is 5.99. The molecule has 0 aromatic heterocycles. The van der Waals surface area contributed by atoms with Crippen LogP contribution in [0.1, 0.15) is 65.2 Å². The smallest absolute Gasteiger partial charge is 0.0679 e.